The number of ether oxygens (including phenoxy) is 3. The summed E-state index contributed by atoms with van der Waals surface area (Å²) in [6.45, 7) is 2.02. The van der Waals surface area contributed by atoms with E-state index in [4.69, 9.17) is 14.2 Å². The summed E-state index contributed by atoms with van der Waals surface area (Å²) in [6, 6.07) is 12.6. The van der Waals surface area contributed by atoms with E-state index in [1.807, 2.05) is 31.2 Å². The maximum absolute atomic E-state index is 12.7. The highest BCUT2D eigenvalue weighted by Crippen LogP contribution is 2.34. The molecule has 1 aliphatic heterocycles. The lowest BCUT2D eigenvalue weighted by molar-refractivity contribution is 0.102. The number of benzene rings is 2. The molecule has 0 saturated carbocycles. The quantitative estimate of drug-likeness (QED) is 0.753. The number of fused-ring (bicyclic) bond motifs is 1. The minimum absolute atomic E-state index is 0.168. The van der Waals surface area contributed by atoms with Crippen molar-refractivity contribution >= 4 is 11.6 Å². The van der Waals surface area contributed by atoms with Gasteiger partial charge in [0.15, 0.2) is 11.5 Å². The Morgan fingerprint density at radius 2 is 2.04 bits per heavy atom. The third-order valence-corrected chi connectivity index (χ3v) is 4.16. The Hall–Kier alpha value is -3.48. The van der Waals surface area contributed by atoms with Crippen LogP contribution in [0.15, 0.2) is 42.5 Å². The second kappa shape index (κ2) is 6.44. The zero-order valence-electron chi connectivity index (χ0n) is 14.3. The van der Waals surface area contributed by atoms with Crippen molar-refractivity contribution in [3.63, 3.8) is 0 Å². The SMILES string of the molecule is COc1cccc(-c2n[nH]c(C)c2NC(=O)c2ccc3c(c2)OCO3)c1. The molecule has 132 valence electrons. The van der Waals surface area contributed by atoms with Gasteiger partial charge in [-0.25, -0.2) is 0 Å². The molecule has 0 aliphatic carbocycles. The monoisotopic (exact) mass is 351 g/mol. The molecule has 0 spiro atoms. The van der Waals surface area contributed by atoms with Crippen molar-refractivity contribution in [3.05, 3.63) is 53.7 Å². The fraction of sp³-hybridized carbons (Fsp3) is 0.158. The molecule has 2 heterocycles. The lowest BCUT2D eigenvalue weighted by Crippen LogP contribution is -2.12. The molecule has 4 rings (SSSR count). The summed E-state index contributed by atoms with van der Waals surface area (Å²) in [5.74, 6) is 1.67. The number of methoxy groups -OCH3 is 1. The van der Waals surface area contributed by atoms with Crippen molar-refractivity contribution in [2.24, 2.45) is 0 Å². The van der Waals surface area contributed by atoms with Crippen LogP contribution in [-0.4, -0.2) is 30.0 Å². The van der Waals surface area contributed by atoms with Crippen LogP contribution in [0.4, 0.5) is 5.69 Å². The van der Waals surface area contributed by atoms with E-state index in [0.29, 0.717) is 28.4 Å². The van der Waals surface area contributed by atoms with Gasteiger partial charge in [0, 0.05) is 11.1 Å². The molecule has 26 heavy (non-hydrogen) atoms. The summed E-state index contributed by atoms with van der Waals surface area (Å²) in [5, 5.41) is 10.2. The maximum atomic E-state index is 12.7. The Balaban J connectivity index is 1.64. The van der Waals surface area contributed by atoms with Gasteiger partial charge < -0.3 is 19.5 Å². The van der Waals surface area contributed by atoms with Gasteiger partial charge in [0.2, 0.25) is 6.79 Å². The van der Waals surface area contributed by atoms with Crippen LogP contribution in [0.2, 0.25) is 0 Å². The highest BCUT2D eigenvalue weighted by molar-refractivity contribution is 6.06. The van der Waals surface area contributed by atoms with E-state index < -0.39 is 0 Å². The van der Waals surface area contributed by atoms with E-state index in [1.165, 1.54) is 0 Å². The highest BCUT2D eigenvalue weighted by Gasteiger charge is 2.19. The van der Waals surface area contributed by atoms with Crippen molar-refractivity contribution < 1.29 is 19.0 Å². The van der Waals surface area contributed by atoms with Crippen molar-refractivity contribution in [2.45, 2.75) is 6.92 Å². The Morgan fingerprint density at radius 3 is 2.88 bits per heavy atom. The van der Waals surface area contributed by atoms with Crippen molar-refractivity contribution in [1.29, 1.82) is 0 Å². The third-order valence-electron chi connectivity index (χ3n) is 4.16. The summed E-state index contributed by atoms with van der Waals surface area (Å²) in [6.07, 6.45) is 0. The molecular formula is C19H17N3O4. The molecule has 7 nitrogen and oxygen atoms in total. The number of nitrogens with one attached hydrogen (secondary N) is 2. The molecular weight excluding hydrogens is 334 g/mol. The van der Waals surface area contributed by atoms with Gasteiger partial charge >= 0.3 is 0 Å². The zero-order valence-corrected chi connectivity index (χ0v) is 14.3. The van der Waals surface area contributed by atoms with E-state index in [0.717, 1.165) is 17.0 Å². The van der Waals surface area contributed by atoms with Gasteiger partial charge in [-0.3, -0.25) is 9.89 Å². The Morgan fingerprint density at radius 1 is 1.19 bits per heavy atom. The normalized spacial score (nSPS) is 12.1. The fourth-order valence-electron chi connectivity index (χ4n) is 2.78. The molecule has 0 atom stereocenters. The number of aromatic nitrogens is 2. The number of aryl methyl sites for hydroxylation is 1. The molecule has 0 fully saturated rings. The van der Waals surface area contributed by atoms with Crippen LogP contribution in [-0.2, 0) is 0 Å². The lowest BCUT2D eigenvalue weighted by Gasteiger charge is -2.08. The summed E-state index contributed by atoms with van der Waals surface area (Å²) in [7, 11) is 1.61. The predicted octanol–water partition coefficient (Wildman–Crippen LogP) is 3.37. The van der Waals surface area contributed by atoms with Crippen LogP contribution >= 0.6 is 0 Å². The molecule has 7 heteroatoms. The van der Waals surface area contributed by atoms with E-state index in [2.05, 4.69) is 15.5 Å². The summed E-state index contributed by atoms with van der Waals surface area (Å²) in [4.78, 5) is 12.7. The Labute approximate surface area is 149 Å². The van der Waals surface area contributed by atoms with Crippen LogP contribution in [0.25, 0.3) is 11.3 Å². The number of H-pyrrole nitrogens is 1. The summed E-state index contributed by atoms with van der Waals surface area (Å²) < 4.78 is 15.9. The average Bonchev–Trinajstić information content (AvgIpc) is 3.28. The topological polar surface area (TPSA) is 85.5 Å². The average molecular weight is 351 g/mol. The molecule has 0 bridgehead atoms. The van der Waals surface area contributed by atoms with Crippen LogP contribution in [0, 0.1) is 6.92 Å². The Kier molecular flexibility index (Phi) is 3.96. The number of anilines is 1. The van der Waals surface area contributed by atoms with E-state index in [-0.39, 0.29) is 12.7 Å². The molecule has 2 aromatic carbocycles. The molecule has 1 aromatic heterocycles. The first kappa shape index (κ1) is 16.0. The van der Waals surface area contributed by atoms with Crippen molar-refractivity contribution in [3.8, 4) is 28.5 Å². The number of hydrogen-bond donors (Lipinski definition) is 2. The summed E-state index contributed by atoms with van der Waals surface area (Å²) in [5.41, 5.74) is 3.36. The first-order chi connectivity index (χ1) is 12.7. The van der Waals surface area contributed by atoms with Gasteiger partial charge in [-0.05, 0) is 37.3 Å². The minimum Gasteiger partial charge on any atom is -0.497 e. The first-order valence-corrected chi connectivity index (χ1v) is 8.06. The van der Waals surface area contributed by atoms with Crippen molar-refractivity contribution in [1.82, 2.24) is 10.2 Å². The summed E-state index contributed by atoms with van der Waals surface area (Å²) >= 11 is 0. The number of carbonyl (C=O) groups is 1. The second-order valence-electron chi connectivity index (χ2n) is 5.83. The number of nitrogens with zero attached hydrogens (tertiary/aromatic N) is 1. The maximum Gasteiger partial charge on any atom is 0.255 e. The number of carbonyl (C=O) groups excluding carboxylic acids is 1. The molecule has 0 unspecified atom stereocenters. The van der Waals surface area contributed by atoms with Crippen LogP contribution in [0.5, 0.6) is 17.2 Å². The first-order valence-electron chi connectivity index (χ1n) is 8.06. The van der Waals surface area contributed by atoms with Gasteiger partial charge in [-0.15, -0.1) is 0 Å². The molecule has 1 amide bonds. The van der Waals surface area contributed by atoms with Gasteiger partial charge in [-0.2, -0.15) is 5.10 Å². The van der Waals surface area contributed by atoms with Crippen LogP contribution in [0.3, 0.4) is 0 Å². The number of hydrogen-bond acceptors (Lipinski definition) is 5. The van der Waals surface area contributed by atoms with E-state index in [9.17, 15) is 4.79 Å². The number of amides is 1. The smallest absolute Gasteiger partial charge is 0.255 e. The largest absolute Gasteiger partial charge is 0.497 e. The van der Waals surface area contributed by atoms with Gasteiger partial charge in [0.25, 0.3) is 5.91 Å². The van der Waals surface area contributed by atoms with Crippen molar-refractivity contribution in [2.75, 3.05) is 19.2 Å². The zero-order chi connectivity index (χ0) is 18.1. The van der Waals surface area contributed by atoms with Crippen LogP contribution in [0.1, 0.15) is 16.1 Å². The Bertz CT molecular complexity index is 981. The molecule has 0 radical (unpaired) electrons. The van der Waals surface area contributed by atoms with Crippen LogP contribution < -0.4 is 19.5 Å². The van der Waals surface area contributed by atoms with Gasteiger partial charge in [0.05, 0.1) is 18.5 Å². The second-order valence-corrected chi connectivity index (χ2v) is 5.83. The number of aromatic amines is 1. The molecule has 1 aliphatic rings. The number of rotatable bonds is 4. The fourth-order valence-corrected chi connectivity index (χ4v) is 2.78. The molecule has 2 N–H and O–H groups in total. The third kappa shape index (κ3) is 2.83. The highest BCUT2D eigenvalue weighted by atomic mass is 16.7. The van der Waals surface area contributed by atoms with E-state index in [1.54, 1.807) is 25.3 Å². The predicted molar refractivity (Wildman–Crippen MR) is 95.8 cm³/mol. The van der Waals surface area contributed by atoms with E-state index >= 15 is 0 Å². The lowest BCUT2D eigenvalue weighted by atomic mass is 10.1. The molecule has 0 saturated heterocycles. The minimum atomic E-state index is -0.253. The standard InChI is InChI=1S/C19H17N3O4/c1-11-17(18(22-21-11)12-4-3-5-14(8-12)24-2)20-19(23)13-6-7-15-16(9-13)26-10-25-15/h3-9H,10H2,1-2H3,(H,20,23)(H,21,22). The molecule has 3 aromatic rings. The van der Waals surface area contributed by atoms with Gasteiger partial charge in [0.1, 0.15) is 11.4 Å². The van der Waals surface area contributed by atoms with Gasteiger partial charge in [-0.1, -0.05) is 12.1 Å².